The molecule has 126 valence electrons. The van der Waals surface area contributed by atoms with Gasteiger partial charge in [-0.15, -0.1) is 0 Å². The Bertz CT molecular complexity index is 789. The van der Waals surface area contributed by atoms with Gasteiger partial charge in [0.2, 0.25) is 0 Å². The van der Waals surface area contributed by atoms with Gasteiger partial charge in [-0.25, -0.2) is 4.99 Å². The average molecular weight is 325 g/mol. The lowest BCUT2D eigenvalue weighted by Crippen LogP contribution is -2.17. The highest BCUT2D eigenvalue weighted by atomic mass is 16.2. The first-order valence-corrected chi connectivity index (χ1v) is 7.79. The molecule has 0 unspecified atom stereocenters. The van der Waals surface area contributed by atoms with Crippen molar-refractivity contribution in [3.8, 4) is 0 Å². The van der Waals surface area contributed by atoms with Gasteiger partial charge in [-0.05, 0) is 36.8 Å². The Kier molecular flexibility index (Phi) is 7.91. The maximum absolute atomic E-state index is 12.1. The highest BCUT2D eigenvalue weighted by Crippen LogP contribution is 2.10. The summed E-state index contributed by atoms with van der Waals surface area (Å²) in [5.41, 5.74) is 2.27. The van der Waals surface area contributed by atoms with Crippen LogP contribution in [0.5, 0.6) is 0 Å². The van der Waals surface area contributed by atoms with Gasteiger partial charge >= 0.3 is 0 Å². The molecule has 0 spiro atoms. The number of aryl methyl sites for hydroxylation is 2. The fourth-order valence-electron chi connectivity index (χ4n) is 1.85. The molecule has 1 amide bonds. The number of amides is 1. The van der Waals surface area contributed by atoms with Crippen molar-refractivity contribution in [3.05, 3.63) is 71.5 Å². The van der Waals surface area contributed by atoms with Crippen LogP contribution >= 0.6 is 0 Å². The van der Waals surface area contributed by atoms with Crippen LogP contribution in [0, 0.1) is 6.92 Å². The van der Waals surface area contributed by atoms with Crippen LogP contribution in [0.1, 0.15) is 19.4 Å². The molecule has 0 radical (unpaired) electrons. The van der Waals surface area contributed by atoms with E-state index in [4.69, 9.17) is 0 Å². The van der Waals surface area contributed by atoms with Crippen LogP contribution in [0.3, 0.4) is 0 Å². The fourth-order valence-corrected chi connectivity index (χ4v) is 1.85. The second kappa shape index (κ2) is 9.94. The SMILES string of the molecule is CC.Cc1cccc(NC(=O)/C(C=O)=C/N=c2ccccn2C)c1. The number of carbonyl (C=O) groups excluding carboxylic acids is 2. The topological polar surface area (TPSA) is 63.5 Å². The van der Waals surface area contributed by atoms with Gasteiger partial charge in [0.15, 0.2) is 6.29 Å². The van der Waals surface area contributed by atoms with Crippen LogP contribution < -0.4 is 10.8 Å². The van der Waals surface area contributed by atoms with Gasteiger partial charge in [-0.1, -0.05) is 32.0 Å². The Labute approximate surface area is 142 Å². The lowest BCUT2D eigenvalue weighted by Gasteiger charge is -2.05. The van der Waals surface area contributed by atoms with Crippen molar-refractivity contribution in [1.29, 1.82) is 0 Å². The van der Waals surface area contributed by atoms with Crippen molar-refractivity contribution in [2.24, 2.45) is 12.0 Å². The molecule has 0 aliphatic carbocycles. The second-order valence-corrected chi connectivity index (χ2v) is 4.82. The summed E-state index contributed by atoms with van der Waals surface area (Å²) in [6.45, 7) is 5.93. The number of hydrogen-bond donors (Lipinski definition) is 1. The molecule has 1 aromatic carbocycles. The van der Waals surface area contributed by atoms with Crippen LogP contribution in [0.25, 0.3) is 0 Å². The first kappa shape index (κ1) is 19.1. The number of aromatic nitrogens is 1. The van der Waals surface area contributed by atoms with E-state index in [2.05, 4.69) is 10.3 Å². The van der Waals surface area contributed by atoms with Gasteiger partial charge in [0.05, 0.1) is 5.57 Å². The number of benzene rings is 1. The lowest BCUT2D eigenvalue weighted by molar-refractivity contribution is -0.115. The molecule has 0 saturated heterocycles. The predicted molar refractivity (Wildman–Crippen MR) is 96.3 cm³/mol. The maximum Gasteiger partial charge on any atom is 0.260 e. The molecule has 0 fully saturated rings. The Morgan fingerprint density at radius 2 is 1.92 bits per heavy atom. The number of pyridine rings is 1. The van der Waals surface area contributed by atoms with Crippen LogP contribution in [0.4, 0.5) is 5.69 Å². The third kappa shape index (κ3) is 5.68. The van der Waals surface area contributed by atoms with E-state index in [0.717, 1.165) is 5.56 Å². The maximum atomic E-state index is 12.1. The van der Waals surface area contributed by atoms with E-state index in [9.17, 15) is 9.59 Å². The smallest absolute Gasteiger partial charge is 0.260 e. The highest BCUT2D eigenvalue weighted by molar-refractivity contribution is 6.16. The molecule has 0 aliphatic rings. The first-order chi connectivity index (χ1) is 11.6. The number of aldehydes is 1. The normalized spacial score (nSPS) is 11.3. The van der Waals surface area contributed by atoms with Gasteiger partial charge in [-0.2, -0.15) is 0 Å². The Morgan fingerprint density at radius 3 is 2.54 bits per heavy atom. The number of carbonyl (C=O) groups is 2. The average Bonchev–Trinajstić information content (AvgIpc) is 2.59. The molecule has 5 heteroatoms. The van der Waals surface area contributed by atoms with Crippen molar-refractivity contribution < 1.29 is 9.59 Å². The van der Waals surface area contributed by atoms with Crippen LogP contribution in [-0.2, 0) is 16.6 Å². The third-order valence-electron chi connectivity index (χ3n) is 3.03. The standard InChI is InChI=1S/C17H17N3O2.C2H6/c1-13-6-5-7-15(10-13)19-17(22)14(12-21)11-18-16-8-3-4-9-20(16)2;1-2/h3-12H,1-2H3,(H,19,22);1-2H3/b14-11+,18-16?;. The van der Waals surface area contributed by atoms with Gasteiger partial charge in [-0.3, -0.25) is 9.59 Å². The van der Waals surface area contributed by atoms with E-state index in [1.165, 1.54) is 6.20 Å². The van der Waals surface area contributed by atoms with E-state index in [0.29, 0.717) is 17.5 Å². The van der Waals surface area contributed by atoms with Gasteiger partial charge in [0.25, 0.3) is 5.91 Å². The molecular formula is C19H23N3O2. The summed E-state index contributed by atoms with van der Waals surface area (Å²) in [7, 11) is 1.83. The van der Waals surface area contributed by atoms with Crippen molar-refractivity contribution >= 4 is 17.9 Å². The largest absolute Gasteiger partial charge is 0.336 e. The molecule has 0 atom stereocenters. The number of nitrogens with one attached hydrogen (secondary N) is 1. The Balaban J connectivity index is 0.00000139. The summed E-state index contributed by atoms with van der Waals surface area (Å²) < 4.78 is 1.79. The summed E-state index contributed by atoms with van der Waals surface area (Å²) in [4.78, 5) is 27.4. The zero-order valence-corrected chi connectivity index (χ0v) is 14.5. The summed E-state index contributed by atoms with van der Waals surface area (Å²) in [5.74, 6) is -0.483. The third-order valence-corrected chi connectivity index (χ3v) is 3.03. The molecule has 1 N–H and O–H groups in total. The Hall–Kier alpha value is -2.95. The van der Waals surface area contributed by atoms with Gasteiger partial charge < -0.3 is 9.88 Å². The predicted octanol–water partition coefficient (Wildman–Crippen LogP) is 2.98. The minimum atomic E-state index is -0.483. The molecule has 0 saturated carbocycles. The van der Waals surface area contributed by atoms with E-state index >= 15 is 0 Å². The van der Waals surface area contributed by atoms with Crippen molar-refractivity contribution in [1.82, 2.24) is 4.57 Å². The zero-order valence-electron chi connectivity index (χ0n) is 14.5. The minimum Gasteiger partial charge on any atom is -0.336 e. The fraction of sp³-hybridized carbons (Fsp3) is 0.211. The highest BCUT2D eigenvalue weighted by Gasteiger charge is 2.08. The number of hydrogen-bond acceptors (Lipinski definition) is 3. The van der Waals surface area contributed by atoms with Gasteiger partial charge in [0, 0.05) is 25.1 Å². The molecule has 24 heavy (non-hydrogen) atoms. The quantitative estimate of drug-likeness (QED) is 0.406. The molecular weight excluding hydrogens is 302 g/mol. The number of nitrogens with zero attached hydrogens (tertiary/aromatic N) is 2. The van der Waals surface area contributed by atoms with Crippen molar-refractivity contribution in [2.75, 3.05) is 5.32 Å². The number of anilines is 1. The molecule has 2 rings (SSSR count). The van der Waals surface area contributed by atoms with Crippen LogP contribution in [-0.4, -0.2) is 16.8 Å². The monoisotopic (exact) mass is 325 g/mol. The lowest BCUT2D eigenvalue weighted by atomic mass is 10.2. The molecule has 1 aromatic heterocycles. The zero-order chi connectivity index (χ0) is 17.9. The molecule has 2 aromatic rings. The van der Waals surface area contributed by atoms with E-state index in [1.54, 1.807) is 16.7 Å². The molecule has 0 bridgehead atoms. The summed E-state index contributed by atoms with van der Waals surface area (Å²) >= 11 is 0. The number of rotatable bonds is 4. The summed E-state index contributed by atoms with van der Waals surface area (Å²) in [6, 6.07) is 12.8. The van der Waals surface area contributed by atoms with Crippen LogP contribution in [0.2, 0.25) is 0 Å². The first-order valence-electron chi connectivity index (χ1n) is 7.79. The van der Waals surface area contributed by atoms with Crippen molar-refractivity contribution in [2.45, 2.75) is 20.8 Å². The summed E-state index contributed by atoms with van der Waals surface area (Å²) in [6.07, 6.45) is 3.60. The summed E-state index contributed by atoms with van der Waals surface area (Å²) in [5, 5.41) is 2.68. The molecule has 5 nitrogen and oxygen atoms in total. The van der Waals surface area contributed by atoms with E-state index in [1.807, 2.05) is 64.3 Å². The van der Waals surface area contributed by atoms with Crippen molar-refractivity contribution in [3.63, 3.8) is 0 Å². The van der Waals surface area contributed by atoms with E-state index < -0.39 is 5.91 Å². The van der Waals surface area contributed by atoms with Gasteiger partial charge in [0.1, 0.15) is 5.49 Å². The Morgan fingerprint density at radius 1 is 1.17 bits per heavy atom. The van der Waals surface area contributed by atoms with Crippen LogP contribution in [0.15, 0.2) is 65.4 Å². The molecule has 0 aliphatic heterocycles. The molecule has 1 heterocycles. The second-order valence-electron chi connectivity index (χ2n) is 4.82. The van der Waals surface area contributed by atoms with E-state index in [-0.39, 0.29) is 5.57 Å². The minimum absolute atomic E-state index is 0.0367.